The second kappa shape index (κ2) is 6.55. The van der Waals surface area contributed by atoms with Crippen molar-refractivity contribution in [1.29, 1.82) is 0 Å². The van der Waals surface area contributed by atoms with Gasteiger partial charge in [-0.2, -0.15) is 62.9 Å². The molecule has 0 saturated carbocycles. The van der Waals surface area contributed by atoms with E-state index in [4.69, 9.17) is 0 Å². The molecule has 0 aromatic carbocycles. The Bertz CT molecular complexity index is 783. The van der Waals surface area contributed by atoms with Crippen LogP contribution in [0.25, 0.3) is 0 Å². The Morgan fingerprint density at radius 1 is 0.607 bits per heavy atom. The molecule has 2 rings (SSSR count). The summed E-state index contributed by atoms with van der Waals surface area (Å²) in [4.78, 5) is 0. The average Bonchev–Trinajstić information content (AvgIpc) is 3.09. The van der Waals surface area contributed by atoms with E-state index >= 15 is 0 Å². The van der Waals surface area contributed by atoms with Crippen molar-refractivity contribution in [2.45, 2.75) is 29.8 Å². The molecule has 0 saturated heterocycles. The molecule has 158 valence electrons. The first kappa shape index (κ1) is 22.4. The third-order valence-electron chi connectivity index (χ3n) is 3.04. The van der Waals surface area contributed by atoms with Crippen LogP contribution in [0.3, 0.4) is 0 Å². The summed E-state index contributed by atoms with van der Waals surface area (Å²) in [6, 6.07) is -1.01. The van der Waals surface area contributed by atoms with Gasteiger partial charge in [-0.3, -0.25) is 0 Å². The molecule has 2 aromatic rings. The van der Waals surface area contributed by atoms with Gasteiger partial charge in [0.05, 0.1) is 0 Å². The normalized spacial score (nSPS) is 14.2. The largest absolute Gasteiger partial charge is 0.435 e. The molecule has 0 aliphatic carbocycles. The first-order valence-electron chi connectivity index (χ1n) is 6.45. The number of rotatable bonds is 2. The maximum absolute atomic E-state index is 13.0. The van der Waals surface area contributed by atoms with Crippen LogP contribution in [0.4, 0.5) is 52.7 Å². The minimum absolute atomic E-state index is 0.504. The molecule has 0 fully saturated rings. The van der Waals surface area contributed by atoms with E-state index in [-0.39, 0.29) is 0 Å². The summed E-state index contributed by atoms with van der Waals surface area (Å²) < 4.78 is 153. The zero-order valence-electron chi connectivity index (χ0n) is 12.4. The minimum Gasteiger partial charge on any atom is -0.225 e. The van der Waals surface area contributed by atoms with Crippen LogP contribution in [0.1, 0.15) is 27.9 Å². The van der Waals surface area contributed by atoms with Crippen molar-refractivity contribution in [2.75, 3.05) is 0 Å². The van der Waals surface area contributed by atoms with Gasteiger partial charge in [-0.25, -0.2) is 9.36 Å². The van der Waals surface area contributed by atoms with Gasteiger partial charge in [-0.15, -0.1) is 0 Å². The van der Waals surface area contributed by atoms with E-state index in [2.05, 4.69) is 26.1 Å². The summed E-state index contributed by atoms with van der Waals surface area (Å²) in [5.41, 5.74) is -8.58. The Balaban J connectivity index is 2.71. The van der Waals surface area contributed by atoms with Gasteiger partial charge in [0.15, 0.2) is 16.5 Å². The second-order valence-corrected chi connectivity index (χ2v) is 5.84. The molecule has 0 radical (unpaired) electrons. The molecule has 0 amide bonds. The fourth-order valence-corrected chi connectivity index (χ4v) is 2.54. The lowest BCUT2D eigenvalue weighted by atomic mass is 10.3. The van der Waals surface area contributed by atoms with E-state index in [0.717, 1.165) is 0 Å². The SMILES string of the molecule is FC(F)(F)c1cc(C(F)(F)F)n(C(Br)n2nc(C(F)(F)F)cc2C(F)(F)F)n1. The Morgan fingerprint density at radius 2 is 0.893 bits per heavy atom. The molecule has 0 spiro atoms. The van der Waals surface area contributed by atoms with Crippen molar-refractivity contribution < 1.29 is 52.7 Å². The van der Waals surface area contributed by atoms with E-state index in [1.165, 1.54) is 0 Å². The third kappa shape index (κ3) is 4.38. The lowest BCUT2D eigenvalue weighted by Crippen LogP contribution is -2.25. The van der Waals surface area contributed by atoms with Crippen LogP contribution in [0.15, 0.2) is 12.1 Å². The molecule has 0 aliphatic rings. The molecule has 0 N–H and O–H groups in total. The summed E-state index contributed by atoms with van der Waals surface area (Å²) in [6.07, 6.45) is -21.9. The van der Waals surface area contributed by atoms with Crippen LogP contribution in [-0.4, -0.2) is 19.6 Å². The smallest absolute Gasteiger partial charge is 0.225 e. The molecular formula is C11H3BrF12N4. The van der Waals surface area contributed by atoms with Gasteiger partial charge in [0.25, 0.3) is 0 Å². The molecule has 0 bridgehead atoms. The standard InChI is InChI=1S/C11H3BrF12N4/c12-7(27-5(10(19,20)21)1-3(25-27)8(13,14)15)28-6(11(22,23)24)2-4(26-28)9(16,17)18/h1-2,7H. The molecule has 17 heteroatoms. The number of hydrogen-bond donors (Lipinski definition) is 0. The highest BCUT2D eigenvalue weighted by atomic mass is 79.9. The molecule has 0 atom stereocenters. The highest BCUT2D eigenvalue weighted by Crippen LogP contribution is 2.41. The van der Waals surface area contributed by atoms with Crippen LogP contribution in [0, 0.1) is 0 Å². The zero-order chi connectivity index (χ0) is 21.9. The summed E-state index contributed by atoms with van der Waals surface area (Å²) in [6.45, 7) is 0. The lowest BCUT2D eigenvalue weighted by molar-refractivity contribution is -0.147. The van der Waals surface area contributed by atoms with E-state index in [0.29, 0.717) is 0 Å². The first-order valence-corrected chi connectivity index (χ1v) is 7.37. The minimum atomic E-state index is -5.53. The average molecular weight is 499 g/mol. The number of halogens is 13. The molecule has 2 aromatic heterocycles. The maximum atomic E-state index is 13.0. The predicted octanol–water partition coefficient (Wildman–Crippen LogP) is 5.55. The summed E-state index contributed by atoms with van der Waals surface area (Å²) in [5, 5.41) is 2.45. The fraction of sp³-hybridized carbons (Fsp3) is 0.455. The quantitative estimate of drug-likeness (QED) is 0.402. The summed E-state index contributed by atoms with van der Waals surface area (Å²) >= 11 is 2.21. The highest BCUT2D eigenvalue weighted by molar-refractivity contribution is 9.09. The molecule has 0 unspecified atom stereocenters. The van der Waals surface area contributed by atoms with Crippen molar-refractivity contribution in [3.63, 3.8) is 0 Å². The van der Waals surface area contributed by atoms with E-state index in [1.54, 1.807) is 0 Å². The Morgan fingerprint density at radius 3 is 1.11 bits per heavy atom. The fourth-order valence-electron chi connectivity index (χ4n) is 1.92. The second-order valence-electron chi connectivity index (χ2n) is 5.02. The van der Waals surface area contributed by atoms with Crippen molar-refractivity contribution in [2.24, 2.45) is 0 Å². The Labute approximate surface area is 153 Å². The third-order valence-corrected chi connectivity index (χ3v) is 3.81. The number of alkyl halides is 13. The summed E-state index contributed by atoms with van der Waals surface area (Å²) in [5.74, 6) is 0. The van der Waals surface area contributed by atoms with E-state index < -0.39 is 74.1 Å². The zero-order valence-corrected chi connectivity index (χ0v) is 14.0. The maximum Gasteiger partial charge on any atom is 0.435 e. The van der Waals surface area contributed by atoms with Gasteiger partial charge in [-0.05, 0) is 15.9 Å². The van der Waals surface area contributed by atoms with Crippen molar-refractivity contribution in [3.05, 3.63) is 34.9 Å². The van der Waals surface area contributed by atoms with Crippen molar-refractivity contribution >= 4 is 15.9 Å². The Kier molecular flexibility index (Phi) is 5.23. The molecule has 4 nitrogen and oxygen atoms in total. The Hall–Kier alpha value is -1.94. The topological polar surface area (TPSA) is 35.6 Å². The van der Waals surface area contributed by atoms with Crippen LogP contribution >= 0.6 is 15.9 Å². The van der Waals surface area contributed by atoms with Gasteiger partial charge < -0.3 is 0 Å². The monoisotopic (exact) mass is 498 g/mol. The predicted molar refractivity (Wildman–Crippen MR) is 67.8 cm³/mol. The van der Waals surface area contributed by atoms with Gasteiger partial charge in [0.1, 0.15) is 11.4 Å². The number of nitrogens with zero attached hydrogens (tertiary/aromatic N) is 4. The van der Waals surface area contributed by atoms with Gasteiger partial charge >= 0.3 is 24.7 Å². The number of aromatic nitrogens is 4. The van der Waals surface area contributed by atoms with Gasteiger partial charge in [0.2, 0.25) is 0 Å². The van der Waals surface area contributed by atoms with E-state index in [1.807, 2.05) is 0 Å². The van der Waals surface area contributed by atoms with Crippen LogP contribution in [-0.2, 0) is 24.7 Å². The van der Waals surface area contributed by atoms with Gasteiger partial charge in [-0.1, -0.05) is 0 Å². The molecular weight excluding hydrogens is 496 g/mol. The van der Waals surface area contributed by atoms with Crippen LogP contribution < -0.4 is 0 Å². The summed E-state index contributed by atoms with van der Waals surface area (Å²) in [7, 11) is 0. The van der Waals surface area contributed by atoms with Crippen molar-refractivity contribution in [3.8, 4) is 0 Å². The lowest BCUT2D eigenvalue weighted by Gasteiger charge is -2.19. The van der Waals surface area contributed by atoms with Crippen LogP contribution in [0.2, 0.25) is 0 Å². The molecule has 0 aliphatic heterocycles. The number of hydrogen-bond acceptors (Lipinski definition) is 2. The van der Waals surface area contributed by atoms with Crippen LogP contribution in [0.5, 0.6) is 0 Å². The first-order chi connectivity index (χ1) is 12.3. The van der Waals surface area contributed by atoms with Gasteiger partial charge in [0, 0.05) is 12.1 Å². The molecule has 28 heavy (non-hydrogen) atoms. The van der Waals surface area contributed by atoms with E-state index in [9.17, 15) is 52.7 Å². The highest BCUT2D eigenvalue weighted by Gasteiger charge is 2.46. The molecule has 2 heterocycles. The van der Waals surface area contributed by atoms with Crippen molar-refractivity contribution in [1.82, 2.24) is 19.6 Å².